The van der Waals surface area contributed by atoms with Crippen LogP contribution >= 0.6 is 0 Å². The molecule has 0 saturated carbocycles. The van der Waals surface area contributed by atoms with Crippen LogP contribution in [0.1, 0.15) is 20.3 Å². The fraction of sp³-hybridized carbons (Fsp3) is 0.833. The van der Waals surface area contributed by atoms with Crippen molar-refractivity contribution in [2.75, 3.05) is 0 Å². The highest BCUT2D eigenvalue weighted by Crippen LogP contribution is 2.10. The summed E-state index contributed by atoms with van der Waals surface area (Å²) in [5.41, 5.74) is -0.428. The Labute approximate surface area is 58.5 Å². The topological polar surface area (TPSA) is 32.6 Å². The molecule has 1 unspecified atom stereocenters. The minimum absolute atomic E-state index is 0.343. The first-order valence-electron chi connectivity index (χ1n) is 3.13. The van der Waals surface area contributed by atoms with Gasteiger partial charge in [-0.25, -0.2) is 8.78 Å². The van der Waals surface area contributed by atoms with Gasteiger partial charge < -0.3 is 5.21 Å². The van der Waals surface area contributed by atoms with E-state index in [-0.39, 0.29) is 5.92 Å². The van der Waals surface area contributed by atoms with Crippen molar-refractivity contribution in [2.24, 2.45) is 11.1 Å². The molecule has 0 radical (unpaired) electrons. The zero-order valence-electron chi connectivity index (χ0n) is 6.01. The van der Waals surface area contributed by atoms with Crippen LogP contribution in [0.15, 0.2) is 5.16 Å². The third-order valence-corrected chi connectivity index (χ3v) is 1.46. The van der Waals surface area contributed by atoms with Gasteiger partial charge in [-0.2, -0.15) is 0 Å². The molecule has 0 aromatic carbocycles. The Morgan fingerprint density at radius 3 is 2.20 bits per heavy atom. The molecule has 0 heterocycles. The summed E-state index contributed by atoms with van der Waals surface area (Å²) in [4.78, 5) is 0. The lowest BCUT2D eigenvalue weighted by atomic mass is 10.0. The van der Waals surface area contributed by atoms with Crippen molar-refractivity contribution in [1.82, 2.24) is 0 Å². The Bertz CT molecular complexity index is 125. The molecule has 4 heteroatoms. The van der Waals surface area contributed by atoms with Gasteiger partial charge in [0.25, 0.3) is 6.43 Å². The highest BCUT2D eigenvalue weighted by Gasteiger charge is 2.19. The monoisotopic (exact) mass is 151 g/mol. The van der Waals surface area contributed by atoms with Crippen LogP contribution in [-0.4, -0.2) is 17.3 Å². The first-order chi connectivity index (χ1) is 4.63. The summed E-state index contributed by atoms with van der Waals surface area (Å²) in [6.07, 6.45) is -2.08. The number of halogens is 2. The lowest BCUT2D eigenvalue weighted by Crippen LogP contribution is -2.18. The second-order valence-electron chi connectivity index (χ2n) is 2.13. The van der Waals surface area contributed by atoms with Gasteiger partial charge in [0.1, 0.15) is 5.71 Å². The highest BCUT2D eigenvalue weighted by molar-refractivity contribution is 5.88. The number of nitrogens with zero attached hydrogens (tertiary/aromatic N) is 1. The molecule has 0 aliphatic heterocycles. The van der Waals surface area contributed by atoms with Gasteiger partial charge in [0.2, 0.25) is 0 Å². The van der Waals surface area contributed by atoms with E-state index < -0.39 is 12.1 Å². The van der Waals surface area contributed by atoms with Gasteiger partial charge in [0.05, 0.1) is 0 Å². The van der Waals surface area contributed by atoms with Crippen molar-refractivity contribution in [3.63, 3.8) is 0 Å². The minimum atomic E-state index is -2.64. The van der Waals surface area contributed by atoms with Crippen molar-refractivity contribution in [2.45, 2.75) is 26.7 Å². The molecular weight excluding hydrogens is 140 g/mol. The van der Waals surface area contributed by atoms with Crippen molar-refractivity contribution >= 4 is 5.71 Å². The normalized spacial score (nSPS) is 15.9. The second kappa shape index (κ2) is 4.19. The summed E-state index contributed by atoms with van der Waals surface area (Å²) in [5, 5.41) is 10.6. The van der Waals surface area contributed by atoms with E-state index in [2.05, 4.69) is 5.16 Å². The zero-order valence-corrected chi connectivity index (χ0v) is 6.01. The van der Waals surface area contributed by atoms with Crippen LogP contribution in [0.4, 0.5) is 8.78 Å². The predicted octanol–water partition coefficient (Wildman–Crippen LogP) is 2.13. The number of oxime groups is 1. The fourth-order valence-corrected chi connectivity index (χ4v) is 0.566. The van der Waals surface area contributed by atoms with E-state index in [1.807, 2.05) is 0 Å². The highest BCUT2D eigenvalue weighted by atomic mass is 19.3. The first-order valence-corrected chi connectivity index (χ1v) is 3.13. The summed E-state index contributed by atoms with van der Waals surface area (Å²) in [7, 11) is 0. The largest absolute Gasteiger partial charge is 0.411 e. The molecule has 0 aliphatic carbocycles. The van der Waals surface area contributed by atoms with E-state index in [1.54, 1.807) is 13.8 Å². The van der Waals surface area contributed by atoms with Crippen LogP contribution in [0.5, 0.6) is 0 Å². The predicted molar refractivity (Wildman–Crippen MR) is 34.7 cm³/mol. The molecule has 1 atom stereocenters. The first kappa shape index (κ1) is 9.33. The second-order valence-corrected chi connectivity index (χ2v) is 2.13. The molecule has 0 aromatic heterocycles. The van der Waals surface area contributed by atoms with E-state index in [1.165, 1.54) is 0 Å². The summed E-state index contributed by atoms with van der Waals surface area (Å²) >= 11 is 0. The average Bonchev–Trinajstić information content (AvgIpc) is 1.88. The number of rotatable bonds is 3. The summed E-state index contributed by atoms with van der Waals surface area (Å²) < 4.78 is 23.7. The Hall–Kier alpha value is -0.670. The summed E-state index contributed by atoms with van der Waals surface area (Å²) in [6.45, 7) is 3.36. The standard InChI is InChI=1S/C6H11F2NO/c1-3-4(2)5(9-10)6(7)8/h4,6,10H,3H2,1-2H3. The van der Waals surface area contributed by atoms with Gasteiger partial charge in [0.15, 0.2) is 0 Å². The van der Waals surface area contributed by atoms with Gasteiger partial charge >= 0.3 is 0 Å². The fourth-order valence-electron chi connectivity index (χ4n) is 0.566. The maximum absolute atomic E-state index is 11.8. The molecule has 0 aromatic rings. The van der Waals surface area contributed by atoms with Gasteiger partial charge in [-0.05, 0) is 6.42 Å². The molecule has 2 nitrogen and oxygen atoms in total. The van der Waals surface area contributed by atoms with Crippen LogP contribution in [-0.2, 0) is 0 Å². The quantitative estimate of drug-likeness (QED) is 0.374. The summed E-state index contributed by atoms with van der Waals surface area (Å²) in [6, 6.07) is 0. The molecule has 0 spiro atoms. The van der Waals surface area contributed by atoms with E-state index >= 15 is 0 Å². The van der Waals surface area contributed by atoms with Gasteiger partial charge in [-0.15, -0.1) is 0 Å². The average molecular weight is 151 g/mol. The Balaban J connectivity index is 4.08. The Morgan fingerprint density at radius 1 is 1.60 bits per heavy atom. The van der Waals surface area contributed by atoms with E-state index in [9.17, 15) is 8.78 Å². The maximum atomic E-state index is 11.8. The van der Waals surface area contributed by atoms with Crippen LogP contribution in [0.2, 0.25) is 0 Å². The lowest BCUT2D eigenvalue weighted by Gasteiger charge is -2.08. The molecular formula is C6H11F2NO. The molecule has 0 fully saturated rings. The number of hydrogen-bond donors (Lipinski definition) is 1. The molecule has 1 N–H and O–H groups in total. The Morgan fingerprint density at radius 2 is 2.10 bits per heavy atom. The molecule has 0 rings (SSSR count). The van der Waals surface area contributed by atoms with Crippen molar-refractivity contribution < 1.29 is 14.0 Å². The molecule has 60 valence electrons. The van der Waals surface area contributed by atoms with Crippen molar-refractivity contribution in [1.29, 1.82) is 0 Å². The third kappa shape index (κ3) is 2.29. The molecule has 0 bridgehead atoms. The van der Waals surface area contributed by atoms with Crippen molar-refractivity contribution in [3.05, 3.63) is 0 Å². The van der Waals surface area contributed by atoms with Crippen LogP contribution in [0, 0.1) is 5.92 Å². The van der Waals surface area contributed by atoms with E-state index in [0.717, 1.165) is 0 Å². The summed E-state index contributed by atoms with van der Waals surface area (Å²) in [5.74, 6) is -0.343. The number of hydrogen-bond acceptors (Lipinski definition) is 2. The van der Waals surface area contributed by atoms with Gasteiger partial charge in [-0.1, -0.05) is 19.0 Å². The molecule has 0 amide bonds. The third-order valence-electron chi connectivity index (χ3n) is 1.46. The van der Waals surface area contributed by atoms with E-state index in [4.69, 9.17) is 5.21 Å². The van der Waals surface area contributed by atoms with Crippen molar-refractivity contribution in [3.8, 4) is 0 Å². The SMILES string of the molecule is CCC(C)C(=NO)C(F)F. The Kier molecular flexibility index (Phi) is 3.91. The molecule has 0 saturated heterocycles. The van der Waals surface area contributed by atoms with Gasteiger partial charge in [0, 0.05) is 5.92 Å². The van der Waals surface area contributed by atoms with Crippen LogP contribution in [0.3, 0.4) is 0 Å². The minimum Gasteiger partial charge on any atom is -0.411 e. The zero-order chi connectivity index (χ0) is 8.15. The smallest absolute Gasteiger partial charge is 0.280 e. The van der Waals surface area contributed by atoms with Crippen LogP contribution < -0.4 is 0 Å². The van der Waals surface area contributed by atoms with Crippen LogP contribution in [0.25, 0.3) is 0 Å². The van der Waals surface area contributed by atoms with E-state index in [0.29, 0.717) is 6.42 Å². The molecule has 10 heavy (non-hydrogen) atoms. The van der Waals surface area contributed by atoms with Gasteiger partial charge in [-0.3, -0.25) is 0 Å². The maximum Gasteiger partial charge on any atom is 0.280 e. The number of alkyl halides is 2. The lowest BCUT2D eigenvalue weighted by molar-refractivity contribution is 0.205. The molecule has 0 aliphatic rings.